The van der Waals surface area contributed by atoms with Crippen LogP contribution in [0.25, 0.3) is 0 Å². The van der Waals surface area contributed by atoms with Crippen LogP contribution in [0.3, 0.4) is 0 Å². The van der Waals surface area contributed by atoms with Crippen LogP contribution in [0.15, 0.2) is 16.6 Å². The maximum absolute atomic E-state index is 13.8. The molecule has 0 heterocycles. The molecule has 0 spiro atoms. The fourth-order valence-electron chi connectivity index (χ4n) is 1.22. The molecule has 0 atom stereocenters. The number of carboxylic acid groups (broad SMARTS) is 1. The molecule has 1 rings (SSSR count). The van der Waals surface area contributed by atoms with Crippen molar-refractivity contribution in [2.75, 3.05) is 18.5 Å². The van der Waals surface area contributed by atoms with Gasteiger partial charge in [0.05, 0.1) is 22.3 Å². The normalized spacial score (nSPS) is 9.62. The third-order valence-corrected chi connectivity index (χ3v) is 2.81. The van der Waals surface area contributed by atoms with Crippen molar-refractivity contribution in [2.24, 2.45) is 0 Å². The maximum atomic E-state index is 13.8. The smallest absolute Gasteiger partial charge is 0.336 e. The van der Waals surface area contributed by atoms with Gasteiger partial charge in [-0.05, 0) is 28.1 Å². The molecule has 1 N–H and O–H groups in total. The Morgan fingerprint density at radius 3 is 2.81 bits per heavy atom. The van der Waals surface area contributed by atoms with E-state index in [1.54, 1.807) is 7.05 Å². The summed E-state index contributed by atoms with van der Waals surface area (Å²) in [6.07, 6.45) is 5.11. The van der Waals surface area contributed by atoms with E-state index >= 15 is 0 Å². The Morgan fingerprint density at radius 2 is 2.31 bits per heavy atom. The highest BCUT2D eigenvalue weighted by Crippen LogP contribution is 2.28. The summed E-state index contributed by atoms with van der Waals surface area (Å²) in [7, 11) is 1.63. The lowest BCUT2D eigenvalue weighted by molar-refractivity contribution is 0.0695. The van der Waals surface area contributed by atoms with E-state index in [1.807, 2.05) is 0 Å². The average Bonchev–Trinajstić information content (AvgIpc) is 2.21. The van der Waals surface area contributed by atoms with E-state index in [0.717, 1.165) is 0 Å². The van der Waals surface area contributed by atoms with Gasteiger partial charge in [-0.25, -0.2) is 9.18 Å². The Balaban J connectivity index is 3.22. The molecule has 0 unspecified atom stereocenters. The second-order valence-corrected chi connectivity index (χ2v) is 3.92. The first kappa shape index (κ1) is 12.5. The first-order valence-electron chi connectivity index (χ1n) is 4.35. The van der Waals surface area contributed by atoms with Gasteiger partial charge in [-0.3, -0.25) is 0 Å². The Bertz CT molecular complexity index is 468. The molecule has 0 radical (unpaired) electrons. The average molecular weight is 286 g/mol. The second-order valence-electron chi connectivity index (χ2n) is 3.13. The zero-order valence-corrected chi connectivity index (χ0v) is 10.1. The first-order chi connectivity index (χ1) is 7.49. The van der Waals surface area contributed by atoms with E-state index in [0.29, 0.717) is 0 Å². The van der Waals surface area contributed by atoms with Crippen LogP contribution in [0.1, 0.15) is 10.4 Å². The van der Waals surface area contributed by atoms with Crippen molar-refractivity contribution in [1.82, 2.24) is 0 Å². The van der Waals surface area contributed by atoms with Crippen LogP contribution >= 0.6 is 15.9 Å². The predicted molar refractivity (Wildman–Crippen MR) is 63.2 cm³/mol. The number of aromatic carboxylic acids is 1. The van der Waals surface area contributed by atoms with Gasteiger partial charge in [0.25, 0.3) is 0 Å². The topological polar surface area (TPSA) is 40.5 Å². The largest absolute Gasteiger partial charge is 0.478 e. The number of halogens is 2. The SMILES string of the molecule is C#CCN(C)c1ccc(C(=O)O)c(Br)c1F. The van der Waals surface area contributed by atoms with E-state index in [2.05, 4.69) is 21.9 Å². The van der Waals surface area contributed by atoms with Crippen LogP contribution in [-0.4, -0.2) is 24.7 Å². The van der Waals surface area contributed by atoms with Crippen molar-refractivity contribution in [3.63, 3.8) is 0 Å². The standard InChI is InChI=1S/C11H9BrFNO2/c1-3-6-14(2)8-5-4-7(11(15)16)9(12)10(8)13/h1,4-5H,6H2,2H3,(H,15,16). The van der Waals surface area contributed by atoms with Gasteiger partial charge < -0.3 is 10.0 Å². The quantitative estimate of drug-likeness (QED) is 0.867. The summed E-state index contributed by atoms with van der Waals surface area (Å²) in [4.78, 5) is 12.3. The molecule has 1 aromatic carbocycles. The molecule has 0 saturated carbocycles. The van der Waals surface area contributed by atoms with Gasteiger partial charge in [0.1, 0.15) is 0 Å². The molecule has 3 nitrogen and oxygen atoms in total. The van der Waals surface area contributed by atoms with Crippen molar-refractivity contribution >= 4 is 27.6 Å². The molecule has 0 amide bonds. The van der Waals surface area contributed by atoms with Gasteiger partial charge in [-0.1, -0.05) is 5.92 Å². The van der Waals surface area contributed by atoms with E-state index in [4.69, 9.17) is 11.5 Å². The van der Waals surface area contributed by atoms with Gasteiger partial charge in [0, 0.05) is 7.05 Å². The lowest BCUT2D eigenvalue weighted by atomic mass is 10.2. The number of hydrogen-bond donors (Lipinski definition) is 1. The lowest BCUT2D eigenvalue weighted by Crippen LogP contribution is -2.19. The van der Waals surface area contributed by atoms with Gasteiger partial charge in [0.2, 0.25) is 0 Å². The van der Waals surface area contributed by atoms with E-state index in [1.165, 1.54) is 17.0 Å². The van der Waals surface area contributed by atoms with E-state index in [9.17, 15) is 9.18 Å². The highest BCUT2D eigenvalue weighted by molar-refractivity contribution is 9.10. The number of terminal acetylenes is 1. The molecule has 5 heteroatoms. The Labute approximate surface area is 101 Å². The van der Waals surface area contributed by atoms with Crippen LogP contribution in [0, 0.1) is 18.2 Å². The summed E-state index contributed by atoms with van der Waals surface area (Å²) in [6, 6.07) is 2.72. The lowest BCUT2D eigenvalue weighted by Gasteiger charge is -2.18. The monoisotopic (exact) mass is 285 g/mol. The molecule has 0 bridgehead atoms. The molecule has 1 aromatic rings. The third kappa shape index (κ3) is 2.34. The summed E-state index contributed by atoms with van der Waals surface area (Å²) < 4.78 is 13.7. The number of nitrogens with zero attached hydrogens (tertiary/aromatic N) is 1. The minimum Gasteiger partial charge on any atom is -0.478 e. The Kier molecular flexibility index (Phi) is 3.91. The van der Waals surface area contributed by atoms with Crippen LogP contribution in [0.2, 0.25) is 0 Å². The number of carboxylic acids is 1. The first-order valence-corrected chi connectivity index (χ1v) is 5.14. The van der Waals surface area contributed by atoms with Crippen molar-refractivity contribution in [3.05, 3.63) is 28.0 Å². The van der Waals surface area contributed by atoms with Crippen molar-refractivity contribution in [2.45, 2.75) is 0 Å². The number of hydrogen-bond acceptors (Lipinski definition) is 2. The summed E-state index contributed by atoms with van der Waals surface area (Å²) >= 11 is 2.92. The summed E-state index contributed by atoms with van der Waals surface area (Å²) in [5.41, 5.74) is 0.144. The highest BCUT2D eigenvalue weighted by Gasteiger charge is 2.17. The minimum atomic E-state index is -1.18. The zero-order valence-electron chi connectivity index (χ0n) is 8.50. The Morgan fingerprint density at radius 1 is 1.69 bits per heavy atom. The molecular formula is C11H9BrFNO2. The molecule has 0 fully saturated rings. The van der Waals surface area contributed by atoms with Gasteiger partial charge >= 0.3 is 5.97 Å². The molecule has 0 saturated heterocycles. The molecular weight excluding hydrogens is 277 g/mol. The molecule has 0 aliphatic heterocycles. The molecule has 0 aliphatic rings. The van der Waals surface area contributed by atoms with E-state index < -0.39 is 11.8 Å². The van der Waals surface area contributed by atoms with Crippen LogP contribution < -0.4 is 4.90 Å². The van der Waals surface area contributed by atoms with Gasteiger partial charge in [-0.2, -0.15) is 0 Å². The highest BCUT2D eigenvalue weighted by atomic mass is 79.9. The molecule has 16 heavy (non-hydrogen) atoms. The summed E-state index contributed by atoms with van der Waals surface area (Å²) in [6.45, 7) is 0.246. The van der Waals surface area contributed by atoms with Gasteiger partial charge in [0.15, 0.2) is 5.82 Å². The predicted octanol–water partition coefficient (Wildman–Crippen LogP) is 2.36. The third-order valence-electron chi connectivity index (χ3n) is 2.03. The van der Waals surface area contributed by atoms with E-state index in [-0.39, 0.29) is 22.3 Å². The Hall–Kier alpha value is -1.54. The number of benzene rings is 1. The minimum absolute atomic E-state index is 0.0682. The zero-order chi connectivity index (χ0) is 12.3. The molecule has 0 aromatic heterocycles. The second kappa shape index (κ2) is 4.99. The van der Waals surface area contributed by atoms with Gasteiger partial charge in [-0.15, -0.1) is 6.42 Å². The molecule has 84 valence electrons. The molecule has 0 aliphatic carbocycles. The number of carbonyl (C=O) groups is 1. The van der Waals surface area contributed by atoms with Crippen molar-refractivity contribution in [1.29, 1.82) is 0 Å². The number of rotatable bonds is 3. The van der Waals surface area contributed by atoms with Crippen LogP contribution in [0.5, 0.6) is 0 Å². The fourth-order valence-corrected chi connectivity index (χ4v) is 1.73. The van der Waals surface area contributed by atoms with Crippen LogP contribution in [-0.2, 0) is 0 Å². The fraction of sp³-hybridized carbons (Fsp3) is 0.182. The van der Waals surface area contributed by atoms with Crippen molar-refractivity contribution in [3.8, 4) is 12.3 Å². The summed E-state index contributed by atoms with van der Waals surface area (Å²) in [5, 5.41) is 8.78. The van der Waals surface area contributed by atoms with Crippen LogP contribution in [0.4, 0.5) is 10.1 Å². The number of anilines is 1. The van der Waals surface area contributed by atoms with Crippen molar-refractivity contribution < 1.29 is 14.3 Å². The maximum Gasteiger partial charge on any atom is 0.336 e. The summed E-state index contributed by atoms with van der Waals surface area (Å²) in [5.74, 6) is 0.567.